The first-order chi connectivity index (χ1) is 9.08. The van der Waals surface area contributed by atoms with Gasteiger partial charge in [0.05, 0.1) is 0 Å². The van der Waals surface area contributed by atoms with Crippen LogP contribution in [0.15, 0.2) is 23.1 Å². The molecular weight excluding hydrogens is 279 g/mol. The Morgan fingerprint density at radius 2 is 1.95 bits per heavy atom. The molecule has 20 heavy (non-hydrogen) atoms. The average molecular weight is 293 g/mol. The third-order valence-corrected chi connectivity index (χ3v) is 3.54. The Bertz CT molecular complexity index is 472. The number of hydrogen-bond donors (Lipinski definition) is 0. The Morgan fingerprint density at radius 3 is 2.45 bits per heavy atom. The van der Waals surface area contributed by atoms with Crippen LogP contribution < -0.4 is 24.3 Å². The molecule has 1 fully saturated rings. The van der Waals surface area contributed by atoms with E-state index in [1.54, 1.807) is 0 Å². The summed E-state index contributed by atoms with van der Waals surface area (Å²) >= 11 is -2.44. The van der Waals surface area contributed by atoms with E-state index in [4.69, 9.17) is 9.31 Å². The van der Waals surface area contributed by atoms with Gasteiger partial charge in [-0.3, -0.25) is 4.21 Å². The number of halogens is 1. The number of nitrogens with zero attached hydrogens (tertiary/aromatic N) is 1. The Morgan fingerprint density at radius 1 is 1.35 bits per heavy atom. The van der Waals surface area contributed by atoms with Crippen molar-refractivity contribution in [2.24, 2.45) is 0 Å². The summed E-state index contributed by atoms with van der Waals surface area (Å²) in [5, 5.41) is 0. The molecule has 0 bridgehead atoms. The molecule has 1 aromatic rings. The predicted octanol–water partition coefficient (Wildman–Crippen LogP) is -3.26. The van der Waals surface area contributed by atoms with Crippen molar-refractivity contribution < 1.29 is 41.3 Å². The molecular formula is C11H14BFLiNO4S. The smallest absolute Gasteiger partial charge is 0.768 e. The molecule has 1 unspecified atom stereocenters. The summed E-state index contributed by atoms with van der Waals surface area (Å²) in [6.07, 6.45) is 0. The van der Waals surface area contributed by atoms with Crippen LogP contribution in [-0.2, 0) is 20.4 Å². The van der Waals surface area contributed by atoms with E-state index < -0.39 is 24.0 Å². The van der Waals surface area contributed by atoms with Gasteiger partial charge in [0.15, 0.2) is 0 Å². The molecule has 0 N–H and O–H groups in total. The fourth-order valence-electron chi connectivity index (χ4n) is 1.77. The van der Waals surface area contributed by atoms with E-state index >= 15 is 0 Å². The van der Waals surface area contributed by atoms with E-state index in [1.165, 1.54) is 12.1 Å². The van der Waals surface area contributed by atoms with Gasteiger partial charge >= 0.3 is 26.0 Å². The van der Waals surface area contributed by atoms with Crippen LogP contribution in [0.2, 0.25) is 0 Å². The van der Waals surface area contributed by atoms with E-state index in [-0.39, 0.29) is 29.2 Å². The van der Waals surface area contributed by atoms with Crippen LogP contribution in [0.1, 0.15) is 0 Å². The zero-order valence-electron chi connectivity index (χ0n) is 11.5. The third-order valence-electron chi connectivity index (χ3n) is 2.90. The van der Waals surface area contributed by atoms with Crippen molar-refractivity contribution >= 4 is 23.7 Å². The second-order valence-electron chi connectivity index (χ2n) is 4.29. The molecule has 1 aromatic carbocycles. The van der Waals surface area contributed by atoms with Gasteiger partial charge in [0.25, 0.3) is 0 Å². The van der Waals surface area contributed by atoms with Gasteiger partial charge in [-0.15, -0.1) is 0 Å². The molecule has 1 aliphatic rings. The summed E-state index contributed by atoms with van der Waals surface area (Å²) in [5.74, 6) is -0.638. The van der Waals surface area contributed by atoms with Crippen molar-refractivity contribution in [3.05, 3.63) is 24.0 Å². The first-order valence-electron chi connectivity index (χ1n) is 5.88. The molecule has 104 valence electrons. The van der Waals surface area contributed by atoms with Crippen LogP contribution in [-0.4, -0.2) is 54.1 Å². The van der Waals surface area contributed by atoms with Crippen molar-refractivity contribution in [3.63, 3.8) is 0 Å². The van der Waals surface area contributed by atoms with E-state index in [2.05, 4.69) is 4.90 Å². The summed E-state index contributed by atoms with van der Waals surface area (Å²) < 4.78 is 46.3. The van der Waals surface area contributed by atoms with Gasteiger partial charge in [-0.25, -0.2) is 4.39 Å². The molecule has 1 atom stereocenters. The van der Waals surface area contributed by atoms with Gasteiger partial charge in [-0.1, -0.05) is 6.07 Å². The van der Waals surface area contributed by atoms with Crippen molar-refractivity contribution in [2.45, 2.75) is 4.90 Å². The maximum Gasteiger partial charge on any atom is 1.00 e. The first-order valence-corrected chi connectivity index (χ1v) is 6.96. The van der Waals surface area contributed by atoms with Crippen molar-refractivity contribution in [2.75, 3.05) is 33.4 Å². The SMILES string of the molecule is CN1CCOB(c2ccc(S(=O)[O-])cc2F)OCC1.[Li+]. The van der Waals surface area contributed by atoms with Crippen molar-refractivity contribution in [1.29, 1.82) is 0 Å². The minimum Gasteiger partial charge on any atom is -0.768 e. The second kappa shape index (κ2) is 8.30. The monoisotopic (exact) mass is 293 g/mol. The molecule has 0 radical (unpaired) electrons. The standard InChI is InChI=1S/C11H15BFNO4S.Li/c1-14-4-6-17-12(18-7-5-14)10-3-2-9(19(15)16)8-11(10)13;/h2-3,8H,4-7H2,1H3,(H,15,16);/q;+1/p-1. The molecule has 9 heteroatoms. The maximum atomic E-state index is 13.9. The molecule has 2 rings (SSSR count). The average Bonchev–Trinajstić information content (AvgIpc) is 2.34. The Balaban J connectivity index is 0.00000200. The molecule has 5 nitrogen and oxygen atoms in total. The molecule has 0 aliphatic carbocycles. The predicted molar refractivity (Wildman–Crippen MR) is 68.4 cm³/mol. The number of hydrogen-bond acceptors (Lipinski definition) is 5. The number of benzene rings is 1. The van der Waals surface area contributed by atoms with Gasteiger partial charge in [-0.2, -0.15) is 0 Å². The molecule has 0 saturated carbocycles. The van der Waals surface area contributed by atoms with Crippen LogP contribution in [0.25, 0.3) is 0 Å². The second-order valence-corrected chi connectivity index (χ2v) is 5.24. The van der Waals surface area contributed by atoms with Crippen molar-refractivity contribution in [1.82, 2.24) is 4.90 Å². The van der Waals surface area contributed by atoms with Crippen LogP contribution >= 0.6 is 0 Å². The zero-order valence-corrected chi connectivity index (χ0v) is 12.3. The van der Waals surface area contributed by atoms with Crippen LogP contribution in [0.4, 0.5) is 4.39 Å². The fraction of sp³-hybridized carbons (Fsp3) is 0.455. The van der Waals surface area contributed by atoms with Gasteiger partial charge in [0.2, 0.25) is 0 Å². The van der Waals surface area contributed by atoms with Crippen LogP contribution in [0, 0.1) is 5.82 Å². The van der Waals surface area contributed by atoms with E-state index in [0.717, 1.165) is 19.2 Å². The quantitative estimate of drug-likeness (QED) is 0.423. The summed E-state index contributed by atoms with van der Waals surface area (Å²) in [5.41, 5.74) is 0.221. The zero-order chi connectivity index (χ0) is 13.8. The van der Waals surface area contributed by atoms with E-state index in [0.29, 0.717) is 13.2 Å². The number of rotatable bonds is 2. The van der Waals surface area contributed by atoms with Crippen LogP contribution in [0.5, 0.6) is 0 Å². The maximum absolute atomic E-state index is 13.9. The first kappa shape index (κ1) is 17.9. The van der Waals surface area contributed by atoms with Crippen molar-refractivity contribution in [3.8, 4) is 0 Å². The van der Waals surface area contributed by atoms with Gasteiger partial charge in [0.1, 0.15) is 5.82 Å². The molecule has 1 saturated heterocycles. The van der Waals surface area contributed by atoms with E-state index in [1.807, 2.05) is 7.05 Å². The van der Waals surface area contributed by atoms with Crippen LogP contribution in [0.3, 0.4) is 0 Å². The molecule has 1 heterocycles. The third kappa shape index (κ3) is 4.67. The summed E-state index contributed by atoms with van der Waals surface area (Å²) in [6, 6.07) is 3.69. The fourth-order valence-corrected chi connectivity index (χ4v) is 2.15. The number of likely N-dealkylation sites (N-methyl/N-ethyl adjacent to an activating group) is 1. The molecule has 1 aliphatic heterocycles. The van der Waals surface area contributed by atoms with Gasteiger partial charge in [-0.05, 0) is 30.3 Å². The topological polar surface area (TPSA) is 61.8 Å². The normalized spacial score (nSPS) is 18.9. The molecule has 0 amide bonds. The summed E-state index contributed by atoms with van der Waals surface area (Å²) in [6.45, 7) is 2.33. The Kier molecular flexibility index (Phi) is 7.40. The van der Waals surface area contributed by atoms with Gasteiger partial charge in [0, 0.05) is 36.7 Å². The minimum atomic E-state index is -2.44. The molecule has 0 spiro atoms. The van der Waals surface area contributed by atoms with Gasteiger partial charge < -0.3 is 18.8 Å². The Hall–Kier alpha value is -0.198. The Labute approximate surface area is 132 Å². The largest absolute Gasteiger partial charge is 1.00 e. The molecule has 0 aromatic heterocycles. The minimum absolute atomic E-state index is 0. The van der Waals surface area contributed by atoms with E-state index in [9.17, 15) is 13.2 Å². The summed E-state index contributed by atoms with van der Waals surface area (Å²) in [4.78, 5) is 1.96. The summed E-state index contributed by atoms with van der Waals surface area (Å²) in [7, 11) is 1.16.